The summed E-state index contributed by atoms with van der Waals surface area (Å²) in [6, 6.07) is 9.67. The van der Waals surface area contributed by atoms with Crippen LogP contribution in [0.4, 0.5) is 0 Å². The minimum atomic E-state index is -0.265. The maximum atomic E-state index is 12.5. The van der Waals surface area contributed by atoms with E-state index in [2.05, 4.69) is 25.4 Å². The number of aromatic nitrogens is 5. The Morgan fingerprint density at radius 2 is 2.04 bits per heavy atom. The molecule has 0 fully saturated rings. The normalized spacial score (nSPS) is 12.1. The number of amides is 1. The summed E-state index contributed by atoms with van der Waals surface area (Å²) in [5, 5.41) is 9.59. The average Bonchev–Trinajstić information content (AvgIpc) is 3.42. The van der Waals surface area contributed by atoms with Crippen molar-refractivity contribution in [2.75, 3.05) is 0 Å². The van der Waals surface area contributed by atoms with Crippen molar-refractivity contribution >= 4 is 17.2 Å². The minimum absolute atomic E-state index is 0.230. The van der Waals surface area contributed by atoms with Gasteiger partial charge in [-0.2, -0.15) is 5.10 Å². The summed E-state index contributed by atoms with van der Waals surface area (Å²) >= 11 is 1.42. The van der Waals surface area contributed by atoms with Gasteiger partial charge in [-0.15, -0.1) is 11.3 Å². The van der Waals surface area contributed by atoms with E-state index in [1.165, 1.54) is 11.3 Å². The number of aryl methyl sites for hydroxylation is 1. The van der Waals surface area contributed by atoms with Crippen molar-refractivity contribution in [1.82, 2.24) is 30.0 Å². The van der Waals surface area contributed by atoms with Crippen molar-refractivity contribution in [2.45, 2.75) is 13.0 Å². The second-order valence-corrected chi connectivity index (χ2v) is 7.04. The Balaban J connectivity index is 1.45. The van der Waals surface area contributed by atoms with Gasteiger partial charge >= 0.3 is 0 Å². The molecule has 3 heterocycles. The number of H-pyrrole nitrogens is 1. The van der Waals surface area contributed by atoms with Crippen molar-refractivity contribution in [3.05, 3.63) is 65.8 Å². The van der Waals surface area contributed by atoms with Crippen LogP contribution in [-0.2, 0) is 7.05 Å². The number of rotatable bonds is 5. The molecule has 0 aliphatic carbocycles. The average molecular weight is 378 g/mol. The number of imidazole rings is 1. The number of carbonyl (C=O) groups excluding carboxylic acids is 1. The minimum Gasteiger partial charge on any atom is -0.341 e. The van der Waals surface area contributed by atoms with Gasteiger partial charge in [0.2, 0.25) is 0 Å². The zero-order chi connectivity index (χ0) is 18.8. The van der Waals surface area contributed by atoms with Crippen molar-refractivity contribution in [1.29, 1.82) is 0 Å². The number of carbonyl (C=O) groups is 1. The number of thiazole rings is 1. The van der Waals surface area contributed by atoms with Crippen LogP contribution in [0.25, 0.3) is 21.8 Å². The van der Waals surface area contributed by atoms with Gasteiger partial charge in [-0.3, -0.25) is 9.48 Å². The molecule has 0 bridgehead atoms. The van der Waals surface area contributed by atoms with E-state index in [-0.39, 0.29) is 11.9 Å². The van der Waals surface area contributed by atoms with Gasteiger partial charge in [0.05, 0.1) is 24.1 Å². The lowest BCUT2D eigenvalue weighted by Crippen LogP contribution is -2.27. The van der Waals surface area contributed by atoms with Gasteiger partial charge in [-0.25, -0.2) is 9.97 Å². The third-order valence-corrected chi connectivity index (χ3v) is 5.02. The highest BCUT2D eigenvalue weighted by Crippen LogP contribution is 2.23. The Hall–Kier alpha value is -3.26. The summed E-state index contributed by atoms with van der Waals surface area (Å²) in [6.45, 7) is 1.89. The zero-order valence-electron chi connectivity index (χ0n) is 14.9. The highest BCUT2D eigenvalue weighted by atomic mass is 32.1. The summed E-state index contributed by atoms with van der Waals surface area (Å²) in [6.07, 6.45) is 5.38. The van der Waals surface area contributed by atoms with Crippen LogP contribution in [0.5, 0.6) is 0 Å². The first-order chi connectivity index (χ1) is 13.1. The maximum absolute atomic E-state index is 12.5. The van der Waals surface area contributed by atoms with Crippen LogP contribution >= 0.6 is 11.3 Å². The molecule has 4 aromatic rings. The molecule has 0 saturated heterocycles. The molecule has 0 spiro atoms. The SMILES string of the molecule is C[C@@H](NC(=O)c1csc(-c2cnn(C)c2)n1)c1ncc(-c2ccccc2)[nH]1. The fourth-order valence-electron chi connectivity index (χ4n) is 2.70. The molecule has 1 amide bonds. The standard InChI is InChI=1S/C19H18N6OS/c1-12(17-20-9-15(23-17)13-6-4-3-5-7-13)22-18(26)16-11-27-19(24-16)14-8-21-25(2)10-14/h3-12H,1-2H3,(H,20,23)(H,22,26)/t12-/m1/s1. The van der Waals surface area contributed by atoms with Crippen LogP contribution in [-0.4, -0.2) is 30.6 Å². The van der Waals surface area contributed by atoms with E-state index in [9.17, 15) is 4.79 Å². The van der Waals surface area contributed by atoms with E-state index in [0.29, 0.717) is 11.5 Å². The quantitative estimate of drug-likeness (QED) is 0.557. The third kappa shape index (κ3) is 3.65. The lowest BCUT2D eigenvalue weighted by Gasteiger charge is -2.10. The number of aromatic amines is 1. The lowest BCUT2D eigenvalue weighted by atomic mass is 10.2. The molecular weight excluding hydrogens is 360 g/mol. The molecule has 1 atom stereocenters. The molecule has 0 unspecified atom stereocenters. The number of benzene rings is 1. The smallest absolute Gasteiger partial charge is 0.271 e. The van der Waals surface area contributed by atoms with Gasteiger partial charge < -0.3 is 10.3 Å². The fraction of sp³-hybridized carbons (Fsp3) is 0.158. The molecule has 3 aromatic heterocycles. The van der Waals surface area contributed by atoms with Crippen LogP contribution in [0.1, 0.15) is 29.3 Å². The molecule has 7 nitrogen and oxygen atoms in total. The van der Waals surface area contributed by atoms with Crippen LogP contribution in [0.3, 0.4) is 0 Å². The van der Waals surface area contributed by atoms with Crippen molar-refractivity contribution in [3.63, 3.8) is 0 Å². The summed E-state index contributed by atoms with van der Waals surface area (Å²) < 4.78 is 1.71. The molecule has 0 radical (unpaired) electrons. The van der Waals surface area contributed by atoms with Crippen LogP contribution in [0.2, 0.25) is 0 Å². The predicted molar refractivity (Wildman–Crippen MR) is 104 cm³/mol. The van der Waals surface area contributed by atoms with E-state index in [1.54, 1.807) is 22.5 Å². The largest absolute Gasteiger partial charge is 0.341 e. The van der Waals surface area contributed by atoms with Gasteiger partial charge in [0.1, 0.15) is 16.5 Å². The van der Waals surface area contributed by atoms with Gasteiger partial charge in [0.15, 0.2) is 0 Å². The maximum Gasteiger partial charge on any atom is 0.271 e. The number of nitrogens with one attached hydrogen (secondary N) is 2. The first-order valence-electron chi connectivity index (χ1n) is 8.46. The molecular formula is C19H18N6OS. The second kappa shape index (κ2) is 7.16. The highest BCUT2D eigenvalue weighted by Gasteiger charge is 2.17. The lowest BCUT2D eigenvalue weighted by molar-refractivity contribution is 0.0934. The van der Waals surface area contributed by atoms with E-state index in [1.807, 2.05) is 50.5 Å². The number of hydrogen-bond acceptors (Lipinski definition) is 5. The monoisotopic (exact) mass is 378 g/mol. The van der Waals surface area contributed by atoms with E-state index < -0.39 is 0 Å². The first kappa shape index (κ1) is 17.2. The topological polar surface area (TPSA) is 88.5 Å². The van der Waals surface area contributed by atoms with Crippen LogP contribution in [0, 0.1) is 0 Å². The van der Waals surface area contributed by atoms with Crippen LogP contribution in [0.15, 0.2) is 54.3 Å². The third-order valence-electron chi connectivity index (χ3n) is 4.13. The molecule has 0 saturated carbocycles. The molecule has 136 valence electrons. The Morgan fingerprint density at radius 3 is 2.78 bits per heavy atom. The number of hydrogen-bond donors (Lipinski definition) is 2. The van der Waals surface area contributed by atoms with Crippen molar-refractivity contribution in [2.24, 2.45) is 7.05 Å². The summed E-state index contributed by atoms with van der Waals surface area (Å²) in [4.78, 5) is 24.6. The van der Waals surface area contributed by atoms with Crippen molar-refractivity contribution in [3.8, 4) is 21.8 Å². The molecule has 1 aromatic carbocycles. The fourth-order valence-corrected chi connectivity index (χ4v) is 3.48. The van der Waals surface area contributed by atoms with E-state index >= 15 is 0 Å². The van der Waals surface area contributed by atoms with Crippen LogP contribution < -0.4 is 5.32 Å². The van der Waals surface area contributed by atoms with Gasteiger partial charge in [0.25, 0.3) is 5.91 Å². The number of nitrogens with zero attached hydrogens (tertiary/aromatic N) is 4. The van der Waals surface area contributed by atoms with Gasteiger partial charge in [0, 0.05) is 24.2 Å². The van der Waals surface area contributed by atoms with Gasteiger partial charge in [-0.05, 0) is 12.5 Å². The Bertz CT molecular complexity index is 1060. The summed E-state index contributed by atoms with van der Waals surface area (Å²) in [5.74, 6) is 0.469. The summed E-state index contributed by atoms with van der Waals surface area (Å²) in [5.41, 5.74) is 3.25. The zero-order valence-corrected chi connectivity index (χ0v) is 15.7. The Morgan fingerprint density at radius 1 is 1.22 bits per heavy atom. The predicted octanol–water partition coefficient (Wildman–Crippen LogP) is 3.42. The van der Waals surface area contributed by atoms with Gasteiger partial charge in [-0.1, -0.05) is 30.3 Å². The molecule has 4 rings (SSSR count). The van der Waals surface area contributed by atoms with E-state index in [0.717, 1.165) is 21.8 Å². The van der Waals surface area contributed by atoms with E-state index in [4.69, 9.17) is 0 Å². The Labute approximate surface area is 160 Å². The highest BCUT2D eigenvalue weighted by molar-refractivity contribution is 7.13. The first-order valence-corrected chi connectivity index (χ1v) is 9.34. The molecule has 8 heteroatoms. The molecule has 2 N–H and O–H groups in total. The summed E-state index contributed by atoms with van der Waals surface area (Å²) in [7, 11) is 1.85. The van der Waals surface area contributed by atoms with Crippen molar-refractivity contribution < 1.29 is 4.79 Å². The molecule has 0 aliphatic heterocycles. The second-order valence-electron chi connectivity index (χ2n) is 6.18. The molecule has 27 heavy (non-hydrogen) atoms. The Kier molecular flexibility index (Phi) is 4.55. The molecule has 0 aliphatic rings.